The number of benzene rings is 2. The van der Waals surface area contributed by atoms with Gasteiger partial charge < -0.3 is 5.32 Å². The van der Waals surface area contributed by atoms with Crippen LogP contribution in [-0.4, -0.2) is 30.3 Å². The lowest BCUT2D eigenvalue weighted by molar-refractivity contribution is -0.137. The zero-order chi connectivity index (χ0) is 23.9. The molecule has 1 N–H and O–H groups in total. The number of amides is 1. The predicted molar refractivity (Wildman–Crippen MR) is 120 cm³/mol. The van der Waals surface area contributed by atoms with Crippen LogP contribution in [0.1, 0.15) is 21.6 Å². The number of halogens is 3. The van der Waals surface area contributed by atoms with Crippen LogP contribution in [-0.2, 0) is 6.18 Å². The van der Waals surface area contributed by atoms with Gasteiger partial charge in [0.05, 0.1) is 17.4 Å². The van der Waals surface area contributed by atoms with Crippen molar-refractivity contribution in [3.8, 4) is 16.9 Å². The van der Waals surface area contributed by atoms with Gasteiger partial charge in [0.25, 0.3) is 5.91 Å². The van der Waals surface area contributed by atoms with Crippen molar-refractivity contribution in [3.05, 3.63) is 95.9 Å². The number of hydrogen-bond acceptors (Lipinski definition) is 4. The van der Waals surface area contributed by atoms with Gasteiger partial charge in [-0.15, -0.1) is 5.10 Å². The maximum absolute atomic E-state index is 13.4. The third-order valence-electron chi connectivity index (χ3n) is 5.31. The summed E-state index contributed by atoms with van der Waals surface area (Å²) in [6.07, 6.45) is -1.64. The first kappa shape index (κ1) is 21.4. The highest BCUT2D eigenvalue weighted by Crippen LogP contribution is 2.33. The third-order valence-corrected chi connectivity index (χ3v) is 5.31. The molecule has 0 spiro atoms. The first-order valence-electron chi connectivity index (χ1n) is 10.3. The van der Waals surface area contributed by atoms with Crippen molar-refractivity contribution in [2.75, 3.05) is 5.32 Å². The van der Waals surface area contributed by atoms with Crippen molar-refractivity contribution in [3.63, 3.8) is 0 Å². The summed E-state index contributed by atoms with van der Waals surface area (Å²) < 4.78 is 42.9. The number of para-hydroxylation sites is 1. The Bertz CT molecular complexity index is 1500. The first-order chi connectivity index (χ1) is 16.3. The lowest BCUT2D eigenvalue weighted by atomic mass is 10.1. The van der Waals surface area contributed by atoms with Crippen LogP contribution in [0.2, 0.25) is 0 Å². The quantitative estimate of drug-likeness (QED) is 0.400. The lowest BCUT2D eigenvalue weighted by Crippen LogP contribution is -2.14. The summed E-state index contributed by atoms with van der Waals surface area (Å²) in [5.41, 5.74) is 1.68. The fourth-order valence-corrected chi connectivity index (χ4v) is 3.69. The fourth-order valence-electron chi connectivity index (χ4n) is 3.69. The van der Waals surface area contributed by atoms with Crippen LogP contribution >= 0.6 is 0 Å². The largest absolute Gasteiger partial charge is 0.418 e. The number of aromatic nitrogens is 5. The lowest BCUT2D eigenvalue weighted by Gasteiger charge is -2.11. The number of hydrogen-bond donors (Lipinski definition) is 1. The molecule has 0 saturated heterocycles. The summed E-state index contributed by atoms with van der Waals surface area (Å²) in [5.74, 6) is -0.212. The smallest absolute Gasteiger partial charge is 0.304 e. The fraction of sp³-hybridized carbons (Fsp3) is 0.0833. The predicted octanol–water partition coefficient (Wildman–Crippen LogP) is 5.16. The summed E-state index contributed by atoms with van der Waals surface area (Å²) in [5, 5.41) is 10.4. The van der Waals surface area contributed by atoms with Crippen LogP contribution in [0.4, 0.5) is 19.0 Å². The van der Waals surface area contributed by atoms with E-state index in [0.717, 1.165) is 28.1 Å². The van der Waals surface area contributed by atoms with Gasteiger partial charge in [-0.25, -0.2) is 9.67 Å². The highest BCUT2D eigenvalue weighted by atomic mass is 19.4. The molecule has 0 aliphatic carbocycles. The number of alkyl halides is 3. The van der Waals surface area contributed by atoms with Crippen molar-refractivity contribution < 1.29 is 18.0 Å². The topological polar surface area (TPSA) is 77.1 Å². The van der Waals surface area contributed by atoms with Crippen molar-refractivity contribution in [1.29, 1.82) is 0 Å². The van der Waals surface area contributed by atoms with Gasteiger partial charge in [0.15, 0.2) is 5.69 Å². The first-order valence-corrected chi connectivity index (χ1v) is 10.3. The number of carbonyl (C=O) groups is 1. The molecule has 0 aliphatic heterocycles. The van der Waals surface area contributed by atoms with Gasteiger partial charge in [0.1, 0.15) is 17.2 Å². The molecule has 0 unspecified atom stereocenters. The van der Waals surface area contributed by atoms with Crippen LogP contribution in [0.3, 0.4) is 0 Å². The average molecular weight is 462 g/mol. The molecule has 3 aromatic heterocycles. The van der Waals surface area contributed by atoms with E-state index in [9.17, 15) is 18.0 Å². The molecule has 0 radical (unpaired) electrons. The second-order valence-electron chi connectivity index (χ2n) is 7.58. The van der Waals surface area contributed by atoms with E-state index in [4.69, 9.17) is 4.98 Å². The number of aryl methyl sites for hydroxylation is 1. The van der Waals surface area contributed by atoms with Gasteiger partial charge in [0, 0.05) is 11.8 Å². The van der Waals surface area contributed by atoms with Gasteiger partial charge in [-0.1, -0.05) is 53.7 Å². The molecule has 0 bridgehead atoms. The van der Waals surface area contributed by atoms with E-state index in [1.807, 2.05) is 49.4 Å². The van der Waals surface area contributed by atoms with E-state index >= 15 is 0 Å². The molecule has 7 nitrogen and oxygen atoms in total. The standard InChI is InChI=1S/C24H17F3N6O/c1-15-8-7-13-32-21(15)28-20(16-9-3-2-4-10-16)22(32)29-23(34)18-14-33(31-30-18)19-12-6-5-11-17(19)24(25,26)27/h2-14H,1H3,(H,29,34). The highest BCUT2D eigenvalue weighted by Gasteiger charge is 2.34. The zero-order valence-corrected chi connectivity index (χ0v) is 17.8. The number of fused-ring (bicyclic) bond motifs is 1. The van der Waals surface area contributed by atoms with Gasteiger partial charge >= 0.3 is 6.18 Å². The molecule has 5 aromatic rings. The van der Waals surface area contributed by atoms with E-state index in [-0.39, 0.29) is 11.4 Å². The van der Waals surface area contributed by atoms with Gasteiger partial charge in [0.2, 0.25) is 0 Å². The Morgan fingerprint density at radius 1 is 0.971 bits per heavy atom. The molecule has 0 saturated carbocycles. The molecule has 1 amide bonds. The van der Waals surface area contributed by atoms with Crippen molar-refractivity contribution >= 4 is 17.4 Å². The number of nitrogens with one attached hydrogen (secondary N) is 1. The number of anilines is 1. The average Bonchev–Trinajstić information content (AvgIpc) is 3.46. The van der Waals surface area contributed by atoms with Crippen molar-refractivity contribution in [2.24, 2.45) is 0 Å². The maximum atomic E-state index is 13.4. The Labute approximate surface area is 191 Å². The van der Waals surface area contributed by atoms with Crippen LogP contribution in [0.5, 0.6) is 0 Å². The van der Waals surface area contributed by atoms with Crippen LogP contribution < -0.4 is 5.32 Å². The molecule has 34 heavy (non-hydrogen) atoms. The molecule has 10 heteroatoms. The highest BCUT2D eigenvalue weighted by molar-refractivity contribution is 6.04. The van der Waals surface area contributed by atoms with E-state index in [1.165, 1.54) is 18.2 Å². The minimum atomic E-state index is -4.58. The van der Waals surface area contributed by atoms with Crippen molar-refractivity contribution in [2.45, 2.75) is 13.1 Å². The van der Waals surface area contributed by atoms with Crippen LogP contribution in [0.25, 0.3) is 22.6 Å². The summed E-state index contributed by atoms with van der Waals surface area (Å²) in [6.45, 7) is 1.91. The number of imidazole rings is 1. The van der Waals surface area contributed by atoms with E-state index < -0.39 is 17.6 Å². The SMILES string of the molecule is Cc1cccn2c(NC(=O)c3cn(-c4ccccc4C(F)(F)F)nn3)c(-c3ccccc3)nc12. The molecular weight excluding hydrogens is 445 g/mol. The molecule has 3 heterocycles. The zero-order valence-electron chi connectivity index (χ0n) is 17.8. The van der Waals surface area contributed by atoms with E-state index in [1.54, 1.807) is 10.6 Å². The number of pyridine rings is 1. The Balaban J connectivity index is 1.53. The van der Waals surface area contributed by atoms with Gasteiger partial charge in [-0.2, -0.15) is 13.2 Å². The molecule has 2 aromatic carbocycles. The Morgan fingerprint density at radius 2 is 1.71 bits per heavy atom. The number of rotatable bonds is 4. The maximum Gasteiger partial charge on any atom is 0.418 e. The molecule has 5 rings (SSSR count). The molecule has 170 valence electrons. The summed E-state index contributed by atoms with van der Waals surface area (Å²) in [7, 11) is 0. The molecule has 0 aliphatic rings. The Hall–Kier alpha value is -4.47. The second-order valence-corrected chi connectivity index (χ2v) is 7.58. The summed E-state index contributed by atoms with van der Waals surface area (Å²) in [4.78, 5) is 17.8. The van der Waals surface area contributed by atoms with Crippen molar-refractivity contribution in [1.82, 2.24) is 24.4 Å². The monoisotopic (exact) mass is 462 g/mol. The number of nitrogens with zero attached hydrogens (tertiary/aromatic N) is 5. The molecule has 0 fully saturated rings. The van der Waals surface area contributed by atoms with Crippen LogP contribution in [0.15, 0.2) is 79.1 Å². The Morgan fingerprint density at radius 3 is 2.47 bits per heavy atom. The van der Waals surface area contributed by atoms with Gasteiger partial charge in [-0.05, 0) is 30.7 Å². The molecule has 0 atom stereocenters. The normalized spacial score (nSPS) is 11.6. The van der Waals surface area contributed by atoms with Crippen LogP contribution in [0, 0.1) is 6.92 Å². The third kappa shape index (κ3) is 3.79. The summed E-state index contributed by atoms with van der Waals surface area (Å²) in [6, 6.07) is 18.0. The van der Waals surface area contributed by atoms with Gasteiger partial charge in [-0.3, -0.25) is 9.20 Å². The number of carbonyl (C=O) groups excluding carboxylic acids is 1. The second kappa shape index (κ2) is 8.14. The minimum Gasteiger partial charge on any atom is -0.304 e. The minimum absolute atomic E-state index is 0.140. The Kier molecular flexibility index (Phi) is 5.12. The van der Waals surface area contributed by atoms with E-state index in [2.05, 4.69) is 15.6 Å². The summed E-state index contributed by atoms with van der Waals surface area (Å²) >= 11 is 0. The van der Waals surface area contributed by atoms with E-state index in [0.29, 0.717) is 17.2 Å². The molecular formula is C24H17F3N6O.